The Morgan fingerprint density at radius 1 is 1.00 bits per heavy atom. The lowest BCUT2D eigenvalue weighted by Crippen LogP contribution is -2.14. The predicted octanol–water partition coefficient (Wildman–Crippen LogP) is 4.51. The highest BCUT2D eigenvalue weighted by Crippen LogP contribution is 2.24. The van der Waals surface area contributed by atoms with Gasteiger partial charge in [0.2, 0.25) is 5.91 Å². The summed E-state index contributed by atoms with van der Waals surface area (Å²) in [7, 11) is 0. The number of nitrogens with one attached hydrogen (secondary N) is 1. The van der Waals surface area contributed by atoms with Gasteiger partial charge in [0.15, 0.2) is 5.82 Å². The highest BCUT2D eigenvalue weighted by molar-refractivity contribution is 6.30. The number of carbonyl (C=O) groups is 1. The van der Waals surface area contributed by atoms with E-state index in [1.165, 1.54) is 12.8 Å². The zero-order chi connectivity index (χ0) is 18.6. The molecule has 0 fully saturated rings. The average Bonchev–Trinajstić information content (AvgIpc) is 2.92. The molecule has 0 saturated heterocycles. The van der Waals surface area contributed by atoms with E-state index in [4.69, 9.17) is 11.6 Å². The monoisotopic (exact) mass is 380 g/mol. The molecule has 27 heavy (non-hydrogen) atoms. The number of carbonyl (C=O) groups excluding carboxylic acids is 1. The van der Waals surface area contributed by atoms with E-state index in [0.717, 1.165) is 47.8 Å². The van der Waals surface area contributed by atoms with Crippen LogP contribution in [-0.2, 0) is 24.2 Å². The standard InChI is InChI=1S/C21H21ClN4O/c22-17-9-5-15(6-10-17)14-20(27)23-18-11-7-16(8-12-18)21-25-24-19-4-2-1-3-13-26(19)21/h5-12H,1-4,13-14H2,(H,23,27). The maximum atomic E-state index is 12.2. The van der Waals surface area contributed by atoms with Crippen molar-refractivity contribution in [3.63, 3.8) is 0 Å². The second kappa shape index (κ2) is 7.92. The lowest BCUT2D eigenvalue weighted by Gasteiger charge is -2.09. The molecule has 1 aliphatic heterocycles. The van der Waals surface area contributed by atoms with Crippen molar-refractivity contribution in [3.8, 4) is 11.4 Å². The fourth-order valence-corrected chi connectivity index (χ4v) is 3.52. The van der Waals surface area contributed by atoms with Gasteiger partial charge >= 0.3 is 0 Å². The summed E-state index contributed by atoms with van der Waals surface area (Å²) in [6.45, 7) is 0.969. The fourth-order valence-electron chi connectivity index (χ4n) is 3.39. The van der Waals surface area contributed by atoms with Crippen molar-refractivity contribution in [1.82, 2.24) is 14.8 Å². The topological polar surface area (TPSA) is 59.8 Å². The van der Waals surface area contributed by atoms with Gasteiger partial charge in [-0.25, -0.2) is 0 Å². The second-order valence-electron chi connectivity index (χ2n) is 6.83. The largest absolute Gasteiger partial charge is 0.326 e. The van der Waals surface area contributed by atoms with Crippen LogP contribution in [0.2, 0.25) is 5.02 Å². The van der Waals surface area contributed by atoms with Crippen LogP contribution in [0.4, 0.5) is 5.69 Å². The molecule has 0 unspecified atom stereocenters. The molecule has 2 aromatic carbocycles. The molecule has 1 N–H and O–H groups in total. The Bertz CT molecular complexity index is 932. The predicted molar refractivity (Wildman–Crippen MR) is 107 cm³/mol. The zero-order valence-corrected chi connectivity index (χ0v) is 15.7. The minimum Gasteiger partial charge on any atom is -0.326 e. The van der Waals surface area contributed by atoms with E-state index in [1.807, 2.05) is 36.4 Å². The van der Waals surface area contributed by atoms with E-state index >= 15 is 0 Å². The van der Waals surface area contributed by atoms with Crippen LogP contribution in [0.1, 0.15) is 30.7 Å². The van der Waals surface area contributed by atoms with Crippen molar-refractivity contribution >= 4 is 23.2 Å². The minimum atomic E-state index is -0.0542. The number of fused-ring (bicyclic) bond motifs is 1. The Morgan fingerprint density at radius 3 is 2.56 bits per heavy atom. The summed E-state index contributed by atoms with van der Waals surface area (Å²) in [5.41, 5.74) is 2.72. The van der Waals surface area contributed by atoms with Gasteiger partial charge < -0.3 is 9.88 Å². The van der Waals surface area contributed by atoms with Crippen LogP contribution >= 0.6 is 11.6 Å². The number of anilines is 1. The number of aryl methyl sites for hydroxylation is 1. The maximum Gasteiger partial charge on any atom is 0.228 e. The number of halogens is 1. The molecular formula is C21H21ClN4O. The first-order chi connectivity index (χ1) is 13.2. The van der Waals surface area contributed by atoms with Crippen LogP contribution in [-0.4, -0.2) is 20.7 Å². The van der Waals surface area contributed by atoms with Gasteiger partial charge in [0.25, 0.3) is 0 Å². The Kier molecular flexibility index (Phi) is 5.21. The van der Waals surface area contributed by atoms with E-state index < -0.39 is 0 Å². The average molecular weight is 381 g/mol. The van der Waals surface area contributed by atoms with Crippen LogP contribution in [0.25, 0.3) is 11.4 Å². The highest BCUT2D eigenvalue weighted by atomic mass is 35.5. The number of nitrogens with zero attached hydrogens (tertiary/aromatic N) is 3. The molecule has 4 rings (SSSR count). The quantitative estimate of drug-likeness (QED) is 0.724. The van der Waals surface area contributed by atoms with Crippen LogP contribution < -0.4 is 5.32 Å². The molecule has 0 aliphatic carbocycles. The van der Waals surface area contributed by atoms with E-state index in [9.17, 15) is 4.79 Å². The van der Waals surface area contributed by atoms with E-state index in [-0.39, 0.29) is 5.91 Å². The lowest BCUT2D eigenvalue weighted by molar-refractivity contribution is -0.115. The molecule has 1 amide bonds. The van der Waals surface area contributed by atoms with Gasteiger partial charge in [-0.05, 0) is 54.8 Å². The summed E-state index contributed by atoms with van der Waals surface area (Å²) >= 11 is 5.88. The molecule has 0 bridgehead atoms. The number of hydrogen-bond donors (Lipinski definition) is 1. The normalized spacial score (nSPS) is 13.7. The fraction of sp³-hybridized carbons (Fsp3) is 0.286. The van der Waals surface area contributed by atoms with E-state index in [2.05, 4.69) is 20.1 Å². The van der Waals surface area contributed by atoms with Gasteiger partial charge in [0, 0.05) is 29.2 Å². The van der Waals surface area contributed by atoms with E-state index in [0.29, 0.717) is 11.4 Å². The summed E-state index contributed by atoms with van der Waals surface area (Å²) in [4.78, 5) is 12.2. The number of aromatic nitrogens is 3. The molecule has 1 aliphatic rings. The first kappa shape index (κ1) is 17.7. The molecular weight excluding hydrogens is 360 g/mol. The molecule has 2 heterocycles. The maximum absolute atomic E-state index is 12.2. The smallest absolute Gasteiger partial charge is 0.228 e. The highest BCUT2D eigenvalue weighted by Gasteiger charge is 2.16. The molecule has 0 radical (unpaired) electrons. The Hall–Kier alpha value is -2.66. The summed E-state index contributed by atoms with van der Waals surface area (Å²) in [5, 5.41) is 12.3. The third-order valence-electron chi connectivity index (χ3n) is 4.81. The van der Waals surface area contributed by atoms with Crippen molar-refractivity contribution in [2.45, 2.75) is 38.6 Å². The summed E-state index contributed by atoms with van der Waals surface area (Å²) < 4.78 is 2.22. The van der Waals surface area contributed by atoms with Crippen molar-refractivity contribution < 1.29 is 4.79 Å². The molecule has 0 atom stereocenters. The summed E-state index contributed by atoms with van der Waals surface area (Å²) in [6.07, 6.45) is 4.89. The Balaban J connectivity index is 1.44. The van der Waals surface area contributed by atoms with Gasteiger partial charge in [-0.2, -0.15) is 0 Å². The molecule has 0 spiro atoms. The van der Waals surface area contributed by atoms with Crippen LogP contribution in [0.3, 0.4) is 0 Å². The lowest BCUT2D eigenvalue weighted by atomic mass is 10.1. The van der Waals surface area contributed by atoms with Crippen LogP contribution in [0, 0.1) is 0 Å². The van der Waals surface area contributed by atoms with Gasteiger partial charge in [0.05, 0.1) is 6.42 Å². The third kappa shape index (κ3) is 4.19. The van der Waals surface area contributed by atoms with Crippen molar-refractivity contribution in [2.24, 2.45) is 0 Å². The number of amides is 1. The number of rotatable bonds is 4. The molecule has 0 saturated carbocycles. The number of benzene rings is 2. The van der Waals surface area contributed by atoms with Gasteiger partial charge in [-0.3, -0.25) is 4.79 Å². The van der Waals surface area contributed by atoms with Crippen molar-refractivity contribution in [1.29, 1.82) is 0 Å². The Morgan fingerprint density at radius 2 is 1.78 bits per heavy atom. The van der Waals surface area contributed by atoms with Gasteiger partial charge in [0.1, 0.15) is 5.82 Å². The SMILES string of the molecule is O=C(Cc1ccc(Cl)cc1)Nc1ccc(-c2nnc3n2CCCCC3)cc1. The first-order valence-corrected chi connectivity index (χ1v) is 9.64. The molecule has 5 nitrogen and oxygen atoms in total. The summed E-state index contributed by atoms with van der Waals surface area (Å²) in [6, 6.07) is 15.1. The van der Waals surface area contributed by atoms with Gasteiger partial charge in [-0.15, -0.1) is 10.2 Å². The zero-order valence-electron chi connectivity index (χ0n) is 15.0. The van der Waals surface area contributed by atoms with Crippen LogP contribution in [0.5, 0.6) is 0 Å². The summed E-state index contributed by atoms with van der Waals surface area (Å²) in [5.74, 6) is 1.93. The van der Waals surface area contributed by atoms with Crippen molar-refractivity contribution in [2.75, 3.05) is 5.32 Å². The molecule has 138 valence electrons. The molecule has 1 aromatic heterocycles. The third-order valence-corrected chi connectivity index (χ3v) is 5.07. The van der Waals surface area contributed by atoms with E-state index in [1.54, 1.807) is 12.1 Å². The number of hydrogen-bond acceptors (Lipinski definition) is 3. The minimum absolute atomic E-state index is 0.0542. The molecule has 6 heteroatoms. The van der Waals surface area contributed by atoms with Gasteiger partial charge in [-0.1, -0.05) is 30.2 Å². The second-order valence-corrected chi connectivity index (χ2v) is 7.27. The Labute approximate surface area is 163 Å². The van der Waals surface area contributed by atoms with Crippen molar-refractivity contribution in [3.05, 3.63) is 64.9 Å². The first-order valence-electron chi connectivity index (χ1n) is 9.26. The van der Waals surface area contributed by atoms with Crippen LogP contribution in [0.15, 0.2) is 48.5 Å². The molecule has 3 aromatic rings.